The first-order chi connectivity index (χ1) is 19.0. The standard InChI is InChI=1S/C27H39N7O3Si3/c1-27(2,26(36-38)37-39)19-7-6-18(14-19)22(8-10-28)34-15-21(24(29)32-34)23-20-9-11-33(25(20)31-16-30-23)17-35-12-13-40(3,4)5/h9,11,15-16,18-19,22,26H,6-8,12-14,17H2,1-5H3,(H2,29,32). The number of hydrogen-bond acceptors (Lipinski definition) is 8. The van der Waals surface area contributed by atoms with Crippen molar-refractivity contribution < 1.29 is 13.6 Å². The van der Waals surface area contributed by atoms with Crippen LogP contribution in [0.3, 0.4) is 0 Å². The summed E-state index contributed by atoms with van der Waals surface area (Å²) in [6, 6.07) is 5.37. The average Bonchev–Trinajstić information content (AvgIpc) is 3.64. The molecule has 1 aliphatic rings. The second-order valence-electron chi connectivity index (χ2n) is 12.6. The van der Waals surface area contributed by atoms with Gasteiger partial charge in [-0.15, -0.1) is 0 Å². The van der Waals surface area contributed by atoms with E-state index < -0.39 is 14.4 Å². The summed E-state index contributed by atoms with van der Waals surface area (Å²) in [4.78, 5) is 9.10. The third kappa shape index (κ3) is 6.58. The number of fused-ring (bicyclic) bond motifs is 1. The first-order valence-corrected chi connectivity index (χ1v) is 18.3. The topological polar surface area (TPSA) is 126 Å². The van der Waals surface area contributed by atoms with Gasteiger partial charge in [0.25, 0.3) is 0 Å². The molecule has 3 aromatic heterocycles. The van der Waals surface area contributed by atoms with Crippen molar-refractivity contribution >= 4 is 45.9 Å². The summed E-state index contributed by atoms with van der Waals surface area (Å²) >= 11 is 0. The highest BCUT2D eigenvalue weighted by molar-refractivity contribution is 6.76. The molecule has 1 saturated carbocycles. The Labute approximate surface area is 244 Å². The minimum absolute atomic E-state index is 0.101. The van der Waals surface area contributed by atoms with Gasteiger partial charge in [0.1, 0.15) is 25.0 Å². The summed E-state index contributed by atoms with van der Waals surface area (Å²) in [7, 11) is 5.14. The summed E-state index contributed by atoms with van der Waals surface area (Å²) in [6.45, 7) is 12.5. The van der Waals surface area contributed by atoms with Crippen LogP contribution in [0.5, 0.6) is 0 Å². The zero-order valence-corrected chi connectivity index (χ0v) is 27.1. The van der Waals surface area contributed by atoms with Gasteiger partial charge in [-0.25, -0.2) is 9.97 Å². The average molecular weight is 594 g/mol. The Kier molecular flexibility index (Phi) is 9.69. The molecular weight excluding hydrogens is 555 g/mol. The molecule has 10 nitrogen and oxygen atoms in total. The lowest BCUT2D eigenvalue weighted by Crippen LogP contribution is -2.39. The highest BCUT2D eigenvalue weighted by Gasteiger charge is 2.44. The van der Waals surface area contributed by atoms with E-state index in [2.05, 4.69) is 70.5 Å². The Morgan fingerprint density at radius 3 is 2.65 bits per heavy atom. The van der Waals surface area contributed by atoms with E-state index in [1.807, 2.05) is 27.7 Å². The smallest absolute Gasteiger partial charge is 0.249 e. The van der Waals surface area contributed by atoms with Gasteiger partial charge in [-0.3, -0.25) is 4.68 Å². The Balaban J connectivity index is 1.56. The summed E-state index contributed by atoms with van der Waals surface area (Å²) in [5, 5.41) is 15.3. The van der Waals surface area contributed by atoms with Gasteiger partial charge >= 0.3 is 0 Å². The third-order valence-corrected chi connectivity index (χ3v) is 10.5. The number of nitrogen functional groups attached to an aromatic ring is 1. The summed E-state index contributed by atoms with van der Waals surface area (Å²) < 4.78 is 20.6. The van der Waals surface area contributed by atoms with E-state index in [0.29, 0.717) is 24.9 Å². The van der Waals surface area contributed by atoms with E-state index >= 15 is 0 Å². The zero-order valence-electron chi connectivity index (χ0n) is 24.1. The number of ether oxygens (including phenoxy) is 1. The quantitative estimate of drug-likeness (QED) is 0.173. The molecule has 6 radical (unpaired) electrons. The molecule has 0 amide bonds. The predicted molar refractivity (Wildman–Crippen MR) is 159 cm³/mol. The molecular formula is C27H39N7O3Si3. The largest absolute Gasteiger partial charge is 0.395 e. The van der Waals surface area contributed by atoms with Crippen molar-refractivity contribution in [2.45, 2.75) is 84.3 Å². The van der Waals surface area contributed by atoms with E-state index in [4.69, 9.17) is 24.4 Å². The SMILES string of the molecule is CC(C)(C1CCC(C(CC#N)n2cc(-c3ncnc4c3ccn4COCC[Si](C)(C)C)c(N)n2)C1)C(O[Si])O[Si]. The van der Waals surface area contributed by atoms with Crippen LogP contribution in [0.15, 0.2) is 24.8 Å². The van der Waals surface area contributed by atoms with E-state index in [9.17, 15) is 5.26 Å². The lowest BCUT2D eigenvalue weighted by Gasteiger charge is -2.38. The Morgan fingerprint density at radius 2 is 1.98 bits per heavy atom. The number of nitriles is 1. The van der Waals surface area contributed by atoms with Crippen molar-refractivity contribution in [3.8, 4) is 17.3 Å². The van der Waals surface area contributed by atoms with E-state index in [1.165, 1.54) is 0 Å². The summed E-state index contributed by atoms with van der Waals surface area (Å²) in [5.41, 5.74) is 8.47. The molecule has 40 heavy (non-hydrogen) atoms. The van der Waals surface area contributed by atoms with E-state index in [-0.39, 0.29) is 17.4 Å². The fourth-order valence-corrected chi connectivity index (χ4v) is 7.31. The molecule has 0 saturated heterocycles. The van der Waals surface area contributed by atoms with Gasteiger partial charge in [-0.2, -0.15) is 10.4 Å². The highest BCUT2D eigenvalue weighted by atomic mass is 28.3. The molecule has 1 fully saturated rings. The second-order valence-corrected chi connectivity index (χ2v) is 18.7. The van der Waals surface area contributed by atoms with Crippen LogP contribution in [0.4, 0.5) is 5.82 Å². The Morgan fingerprint density at radius 1 is 1.23 bits per heavy atom. The molecule has 3 aromatic rings. The maximum absolute atomic E-state index is 9.71. The maximum Gasteiger partial charge on any atom is 0.249 e. The van der Waals surface area contributed by atoms with E-state index in [0.717, 1.165) is 54.2 Å². The third-order valence-electron chi connectivity index (χ3n) is 8.33. The number of aromatic nitrogens is 5. The molecule has 3 unspecified atom stereocenters. The number of nitrogens with two attached hydrogens (primary N) is 1. The van der Waals surface area contributed by atoms with Gasteiger partial charge in [0.05, 0.1) is 29.8 Å². The van der Waals surface area contributed by atoms with E-state index in [1.54, 1.807) is 6.33 Å². The normalized spacial score (nSPS) is 19.0. The molecule has 0 aliphatic heterocycles. The minimum Gasteiger partial charge on any atom is -0.395 e. The molecule has 0 spiro atoms. The van der Waals surface area contributed by atoms with Crippen LogP contribution < -0.4 is 5.73 Å². The lowest BCUT2D eigenvalue weighted by molar-refractivity contribution is -0.0993. The molecule has 0 bridgehead atoms. The van der Waals surface area contributed by atoms with Crippen LogP contribution in [0.2, 0.25) is 25.7 Å². The first kappa shape index (κ1) is 30.6. The minimum atomic E-state index is -1.16. The number of nitrogens with zero attached hydrogens (tertiary/aromatic N) is 6. The molecule has 2 N–H and O–H groups in total. The molecule has 13 heteroatoms. The second kappa shape index (κ2) is 12.7. The van der Waals surface area contributed by atoms with Crippen LogP contribution in [0, 0.1) is 28.6 Å². The van der Waals surface area contributed by atoms with Crippen molar-refractivity contribution in [1.29, 1.82) is 5.26 Å². The van der Waals surface area contributed by atoms with Crippen molar-refractivity contribution in [2.75, 3.05) is 12.3 Å². The zero-order chi connectivity index (χ0) is 29.1. The molecule has 3 atom stereocenters. The van der Waals surface area contributed by atoms with Crippen molar-refractivity contribution in [1.82, 2.24) is 24.3 Å². The summed E-state index contributed by atoms with van der Waals surface area (Å²) in [6.07, 6.45) is 8.25. The predicted octanol–water partition coefficient (Wildman–Crippen LogP) is 4.61. The van der Waals surface area contributed by atoms with Gasteiger partial charge in [-0.1, -0.05) is 33.5 Å². The van der Waals surface area contributed by atoms with Gasteiger partial charge < -0.3 is 23.9 Å². The molecule has 212 valence electrons. The molecule has 3 heterocycles. The van der Waals surface area contributed by atoms with Gasteiger partial charge in [0.2, 0.25) is 21.0 Å². The molecule has 4 rings (SSSR count). The fourth-order valence-electron chi connectivity index (χ4n) is 5.75. The van der Waals surface area contributed by atoms with Gasteiger partial charge in [-0.05, 0) is 43.2 Å². The highest BCUT2D eigenvalue weighted by Crippen LogP contribution is 2.49. The maximum atomic E-state index is 9.71. The van der Waals surface area contributed by atoms with Crippen LogP contribution in [0.25, 0.3) is 22.3 Å². The van der Waals surface area contributed by atoms with Crippen LogP contribution in [0.1, 0.15) is 45.6 Å². The van der Waals surface area contributed by atoms with Crippen LogP contribution in [-0.2, 0) is 20.3 Å². The fraction of sp³-hybridized carbons (Fsp3) is 0.630. The number of hydrogen-bond donors (Lipinski definition) is 1. The molecule has 1 aliphatic carbocycles. The summed E-state index contributed by atoms with van der Waals surface area (Å²) in [5.74, 6) is 0.996. The van der Waals surface area contributed by atoms with Crippen molar-refractivity contribution in [3.05, 3.63) is 24.8 Å². The van der Waals surface area contributed by atoms with Crippen LogP contribution >= 0.6 is 0 Å². The van der Waals surface area contributed by atoms with Gasteiger partial charge in [0.15, 0.2) is 5.82 Å². The Hall–Kier alpha value is -2.35. The van der Waals surface area contributed by atoms with Crippen molar-refractivity contribution in [2.24, 2.45) is 17.3 Å². The number of anilines is 1. The van der Waals surface area contributed by atoms with Crippen molar-refractivity contribution in [3.63, 3.8) is 0 Å². The van der Waals surface area contributed by atoms with Crippen LogP contribution in [-0.4, -0.2) is 66.3 Å². The monoisotopic (exact) mass is 593 g/mol. The first-order valence-electron chi connectivity index (χ1n) is 13.7. The molecule has 0 aromatic carbocycles. The Bertz CT molecular complexity index is 1330. The van der Waals surface area contributed by atoms with Gasteiger partial charge in [0, 0.05) is 37.9 Å². The number of rotatable bonds is 13. The lowest BCUT2D eigenvalue weighted by atomic mass is 9.76.